The summed E-state index contributed by atoms with van der Waals surface area (Å²) in [5.74, 6) is 0. The van der Waals surface area contributed by atoms with Gasteiger partial charge in [-0.25, -0.2) is 9.59 Å². The standard InChI is InChI=1S/C11H18N2O4/c1-11(2,3)17-10(15)13-5-7-8(6-13)16-9(14)12(7)4/h7-8H,5-6H2,1-4H3/t7-,8-/m0/s1. The molecule has 2 heterocycles. The Labute approximate surface area is 100 Å². The summed E-state index contributed by atoms with van der Waals surface area (Å²) in [5, 5.41) is 0. The van der Waals surface area contributed by atoms with E-state index < -0.39 is 5.60 Å². The number of likely N-dealkylation sites (tertiary alicyclic amines) is 1. The second kappa shape index (κ2) is 3.78. The summed E-state index contributed by atoms with van der Waals surface area (Å²) < 4.78 is 10.4. The number of carbonyl (C=O) groups excluding carboxylic acids is 2. The molecule has 0 bridgehead atoms. The fourth-order valence-corrected chi connectivity index (χ4v) is 2.07. The minimum Gasteiger partial charge on any atom is -0.444 e. The van der Waals surface area contributed by atoms with Crippen molar-refractivity contribution in [2.75, 3.05) is 20.1 Å². The number of amides is 2. The van der Waals surface area contributed by atoms with E-state index in [1.54, 1.807) is 11.9 Å². The third-order valence-electron chi connectivity index (χ3n) is 2.93. The molecule has 2 saturated heterocycles. The molecule has 0 aromatic rings. The molecule has 2 rings (SSSR count). The van der Waals surface area contributed by atoms with Crippen LogP contribution in [0.1, 0.15) is 20.8 Å². The molecule has 0 aromatic carbocycles. The van der Waals surface area contributed by atoms with Gasteiger partial charge >= 0.3 is 12.2 Å². The fourth-order valence-electron chi connectivity index (χ4n) is 2.07. The van der Waals surface area contributed by atoms with Crippen LogP contribution in [0.2, 0.25) is 0 Å². The molecule has 0 unspecified atom stereocenters. The van der Waals surface area contributed by atoms with Gasteiger partial charge in [0.25, 0.3) is 0 Å². The molecule has 0 aromatic heterocycles. The first kappa shape index (κ1) is 12.0. The highest BCUT2D eigenvalue weighted by molar-refractivity contribution is 5.73. The van der Waals surface area contributed by atoms with Crippen molar-refractivity contribution in [3.05, 3.63) is 0 Å². The van der Waals surface area contributed by atoms with Crippen molar-refractivity contribution in [3.8, 4) is 0 Å². The predicted octanol–water partition coefficient (Wildman–Crippen LogP) is 1.06. The lowest BCUT2D eigenvalue weighted by molar-refractivity contribution is 0.0249. The first-order valence-corrected chi connectivity index (χ1v) is 5.69. The minimum atomic E-state index is -0.503. The normalized spacial score (nSPS) is 28.1. The van der Waals surface area contributed by atoms with Crippen molar-refractivity contribution in [1.29, 1.82) is 0 Å². The van der Waals surface area contributed by atoms with Crippen molar-refractivity contribution in [3.63, 3.8) is 0 Å². The number of hydrogen-bond donors (Lipinski definition) is 0. The van der Waals surface area contributed by atoms with E-state index in [0.29, 0.717) is 13.1 Å². The molecule has 0 saturated carbocycles. The van der Waals surface area contributed by atoms with Gasteiger partial charge in [0.05, 0.1) is 12.6 Å². The summed E-state index contributed by atoms with van der Waals surface area (Å²) in [6.07, 6.45) is -0.889. The maximum atomic E-state index is 11.8. The molecule has 2 fully saturated rings. The smallest absolute Gasteiger partial charge is 0.410 e. The number of rotatable bonds is 0. The van der Waals surface area contributed by atoms with Crippen LogP contribution in [0, 0.1) is 0 Å². The quantitative estimate of drug-likeness (QED) is 0.637. The molecular formula is C11H18N2O4. The largest absolute Gasteiger partial charge is 0.444 e. The van der Waals surface area contributed by atoms with Gasteiger partial charge in [0.2, 0.25) is 0 Å². The van der Waals surface area contributed by atoms with Gasteiger partial charge < -0.3 is 19.3 Å². The summed E-state index contributed by atoms with van der Waals surface area (Å²) in [7, 11) is 1.69. The zero-order chi connectivity index (χ0) is 12.8. The monoisotopic (exact) mass is 242 g/mol. The van der Waals surface area contributed by atoms with Crippen LogP contribution in [0.5, 0.6) is 0 Å². The number of ether oxygens (including phenoxy) is 2. The molecule has 2 aliphatic rings. The van der Waals surface area contributed by atoms with Crippen LogP contribution in [0.25, 0.3) is 0 Å². The van der Waals surface area contributed by atoms with Gasteiger partial charge in [-0.05, 0) is 20.8 Å². The zero-order valence-corrected chi connectivity index (χ0v) is 10.6. The molecule has 0 spiro atoms. The molecule has 6 heteroatoms. The van der Waals surface area contributed by atoms with Gasteiger partial charge in [0.1, 0.15) is 11.7 Å². The topological polar surface area (TPSA) is 59.1 Å². The fraction of sp³-hybridized carbons (Fsp3) is 0.818. The molecule has 2 aliphatic heterocycles. The Morgan fingerprint density at radius 2 is 2.06 bits per heavy atom. The Bertz CT molecular complexity index is 350. The predicted molar refractivity (Wildman–Crippen MR) is 59.6 cm³/mol. The molecular weight excluding hydrogens is 224 g/mol. The highest BCUT2D eigenvalue weighted by atomic mass is 16.6. The van der Waals surface area contributed by atoms with E-state index in [1.807, 2.05) is 20.8 Å². The SMILES string of the molecule is CN1C(=O)O[C@H]2CN(C(=O)OC(C)(C)C)C[C@@H]21. The summed E-state index contributed by atoms with van der Waals surface area (Å²) in [6, 6.07) is -0.0463. The van der Waals surface area contributed by atoms with Crippen molar-refractivity contribution in [1.82, 2.24) is 9.80 Å². The summed E-state index contributed by atoms with van der Waals surface area (Å²) >= 11 is 0. The van der Waals surface area contributed by atoms with E-state index in [9.17, 15) is 9.59 Å². The first-order valence-electron chi connectivity index (χ1n) is 5.69. The Balaban J connectivity index is 1.96. The highest BCUT2D eigenvalue weighted by Gasteiger charge is 2.47. The lowest BCUT2D eigenvalue weighted by Crippen LogP contribution is -2.39. The van der Waals surface area contributed by atoms with E-state index in [-0.39, 0.29) is 24.3 Å². The van der Waals surface area contributed by atoms with Crippen LogP contribution in [-0.4, -0.2) is 59.9 Å². The molecule has 6 nitrogen and oxygen atoms in total. The highest BCUT2D eigenvalue weighted by Crippen LogP contribution is 2.26. The first-order chi connectivity index (χ1) is 7.78. The van der Waals surface area contributed by atoms with Gasteiger partial charge in [-0.3, -0.25) is 0 Å². The molecule has 0 aliphatic carbocycles. The van der Waals surface area contributed by atoms with E-state index in [1.165, 1.54) is 4.90 Å². The molecule has 0 N–H and O–H groups in total. The molecule has 2 amide bonds. The number of likely N-dealkylation sites (N-methyl/N-ethyl adjacent to an activating group) is 1. The van der Waals surface area contributed by atoms with Crippen LogP contribution >= 0.6 is 0 Å². The van der Waals surface area contributed by atoms with Crippen molar-refractivity contribution < 1.29 is 19.1 Å². The van der Waals surface area contributed by atoms with E-state index in [0.717, 1.165) is 0 Å². The third kappa shape index (κ3) is 2.30. The molecule has 17 heavy (non-hydrogen) atoms. The van der Waals surface area contributed by atoms with Crippen LogP contribution in [0.3, 0.4) is 0 Å². The van der Waals surface area contributed by atoms with E-state index >= 15 is 0 Å². The second-order valence-corrected chi connectivity index (χ2v) is 5.49. The van der Waals surface area contributed by atoms with Crippen LogP contribution in [-0.2, 0) is 9.47 Å². The van der Waals surface area contributed by atoms with Crippen molar-refractivity contribution in [2.45, 2.75) is 38.5 Å². The minimum absolute atomic E-state index is 0.0463. The number of fused-ring (bicyclic) bond motifs is 1. The molecule has 0 radical (unpaired) electrons. The van der Waals surface area contributed by atoms with Crippen LogP contribution < -0.4 is 0 Å². The van der Waals surface area contributed by atoms with Gasteiger partial charge in [-0.2, -0.15) is 0 Å². The lowest BCUT2D eigenvalue weighted by atomic mass is 10.2. The maximum absolute atomic E-state index is 11.8. The summed E-state index contributed by atoms with van der Waals surface area (Å²) in [5.41, 5.74) is -0.503. The molecule has 2 atom stereocenters. The van der Waals surface area contributed by atoms with Crippen LogP contribution in [0.15, 0.2) is 0 Å². The average molecular weight is 242 g/mol. The molecule has 96 valence electrons. The number of nitrogens with zero attached hydrogens (tertiary/aromatic N) is 2. The van der Waals surface area contributed by atoms with Crippen molar-refractivity contribution >= 4 is 12.2 Å². The number of hydrogen-bond acceptors (Lipinski definition) is 4. The van der Waals surface area contributed by atoms with Crippen LogP contribution in [0.4, 0.5) is 9.59 Å². The summed E-state index contributed by atoms with van der Waals surface area (Å²) in [4.78, 5) is 26.2. The van der Waals surface area contributed by atoms with E-state index in [4.69, 9.17) is 9.47 Å². The second-order valence-electron chi connectivity index (χ2n) is 5.49. The Morgan fingerprint density at radius 3 is 2.59 bits per heavy atom. The van der Waals surface area contributed by atoms with Crippen molar-refractivity contribution in [2.24, 2.45) is 0 Å². The van der Waals surface area contributed by atoms with Gasteiger partial charge in [0.15, 0.2) is 0 Å². The summed E-state index contributed by atoms with van der Waals surface area (Å²) in [6.45, 7) is 6.37. The Hall–Kier alpha value is -1.46. The average Bonchev–Trinajstić information content (AvgIpc) is 2.66. The van der Waals surface area contributed by atoms with Gasteiger partial charge in [-0.15, -0.1) is 0 Å². The van der Waals surface area contributed by atoms with E-state index in [2.05, 4.69) is 0 Å². The number of carbonyl (C=O) groups is 2. The Morgan fingerprint density at radius 1 is 1.41 bits per heavy atom. The maximum Gasteiger partial charge on any atom is 0.410 e. The van der Waals surface area contributed by atoms with Gasteiger partial charge in [-0.1, -0.05) is 0 Å². The Kier molecular flexibility index (Phi) is 2.67. The lowest BCUT2D eigenvalue weighted by Gasteiger charge is -2.25. The zero-order valence-electron chi connectivity index (χ0n) is 10.6. The van der Waals surface area contributed by atoms with Gasteiger partial charge in [0, 0.05) is 13.6 Å². The third-order valence-corrected chi connectivity index (χ3v) is 2.93.